The molecule has 1 aliphatic heterocycles. The Morgan fingerprint density at radius 1 is 1.41 bits per heavy atom. The first-order valence-electron chi connectivity index (χ1n) is 6.79. The highest BCUT2D eigenvalue weighted by Crippen LogP contribution is 2.17. The average molecular weight is 241 g/mol. The zero-order valence-corrected chi connectivity index (χ0v) is 11.6. The average Bonchev–Trinajstić information content (AvgIpc) is 2.78. The van der Waals surface area contributed by atoms with Crippen molar-refractivity contribution >= 4 is 5.91 Å². The van der Waals surface area contributed by atoms with Crippen LogP contribution in [0.3, 0.4) is 0 Å². The van der Waals surface area contributed by atoms with E-state index in [1.807, 2.05) is 18.7 Å². The normalized spacial score (nSPS) is 22.5. The summed E-state index contributed by atoms with van der Waals surface area (Å²) in [6.07, 6.45) is 1.08. The standard InChI is InChI=1S/C13H27N3O/c1-5-15(6-2)11-7-8-16(9-11)13(17)12(14)10(3)4/h10-12H,5-9,14H2,1-4H3/t11?,12-/m0/s1. The molecule has 1 amide bonds. The molecule has 17 heavy (non-hydrogen) atoms. The van der Waals surface area contributed by atoms with Gasteiger partial charge in [-0.05, 0) is 25.4 Å². The van der Waals surface area contributed by atoms with E-state index >= 15 is 0 Å². The van der Waals surface area contributed by atoms with Crippen molar-refractivity contribution in [2.75, 3.05) is 26.2 Å². The molecule has 1 fully saturated rings. The van der Waals surface area contributed by atoms with Gasteiger partial charge in [-0.15, -0.1) is 0 Å². The van der Waals surface area contributed by atoms with Gasteiger partial charge in [-0.1, -0.05) is 27.7 Å². The minimum atomic E-state index is -0.342. The van der Waals surface area contributed by atoms with E-state index in [1.165, 1.54) is 0 Å². The molecule has 1 aliphatic rings. The molecule has 0 aromatic rings. The van der Waals surface area contributed by atoms with E-state index < -0.39 is 0 Å². The summed E-state index contributed by atoms with van der Waals surface area (Å²) in [4.78, 5) is 16.5. The number of hydrogen-bond donors (Lipinski definition) is 1. The third-order valence-corrected chi connectivity index (χ3v) is 3.81. The molecule has 4 nitrogen and oxygen atoms in total. The van der Waals surface area contributed by atoms with E-state index in [-0.39, 0.29) is 17.9 Å². The summed E-state index contributed by atoms with van der Waals surface area (Å²) >= 11 is 0. The van der Waals surface area contributed by atoms with Crippen LogP contribution in [-0.2, 0) is 4.79 Å². The lowest BCUT2D eigenvalue weighted by Gasteiger charge is -2.27. The maximum Gasteiger partial charge on any atom is 0.239 e. The minimum absolute atomic E-state index is 0.120. The van der Waals surface area contributed by atoms with Crippen molar-refractivity contribution < 1.29 is 4.79 Å². The molecule has 100 valence electrons. The lowest BCUT2D eigenvalue weighted by Crippen LogP contribution is -2.47. The molecular weight excluding hydrogens is 214 g/mol. The highest BCUT2D eigenvalue weighted by atomic mass is 16.2. The van der Waals surface area contributed by atoms with Crippen molar-refractivity contribution in [2.24, 2.45) is 11.7 Å². The summed E-state index contributed by atoms with van der Waals surface area (Å²) in [5, 5.41) is 0. The Labute approximate surface area is 105 Å². The SMILES string of the molecule is CCN(CC)C1CCN(C(=O)[C@@H](N)C(C)C)C1. The fourth-order valence-corrected chi connectivity index (χ4v) is 2.48. The lowest BCUT2D eigenvalue weighted by molar-refractivity contribution is -0.132. The number of amides is 1. The Kier molecular flexibility index (Phi) is 5.40. The largest absolute Gasteiger partial charge is 0.340 e. The molecule has 0 aromatic heterocycles. The Bertz CT molecular complexity index is 251. The number of nitrogens with zero attached hydrogens (tertiary/aromatic N) is 2. The van der Waals surface area contributed by atoms with Gasteiger partial charge >= 0.3 is 0 Å². The first kappa shape index (κ1) is 14.5. The van der Waals surface area contributed by atoms with Gasteiger partial charge in [-0.2, -0.15) is 0 Å². The van der Waals surface area contributed by atoms with E-state index in [4.69, 9.17) is 5.73 Å². The molecule has 2 atom stereocenters. The number of nitrogens with two attached hydrogens (primary N) is 1. The molecular formula is C13H27N3O. The summed E-state index contributed by atoms with van der Waals surface area (Å²) in [7, 11) is 0. The highest BCUT2D eigenvalue weighted by molar-refractivity contribution is 5.82. The second kappa shape index (κ2) is 6.36. The minimum Gasteiger partial charge on any atom is -0.340 e. The van der Waals surface area contributed by atoms with E-state index in [1.54, 1.807) is 0 Å². The monoisotopic (exact) mass is 241 g/mol. The zero-order valence-electron chi connectivity index (χ0n) is 11.6. The maximum atomic E-state index is 12.1. The summed E-state index contributed by atoms with van der Waals surface area (Å²) in [6, 6.07) is 0.179. The van der Waals surface area contributed by atoms with Crippen LogP contribution in [-0.4, -0.2) is 54.0 Å². The Balaban J connectivity index is 2.52. The third-order valence-electron chi connectivity index (χ3n) is 3.81. The molecule has 0 aromatic carbocycles. The number of likely N-dealkylation sites (N-methyl/N-ethyl adjacent to an activating group) is 1. The van der Waals surface area contributed by atoms with Crippen LogP contribution in [0.25, 0.3) is 0 Å². The van der Waals surface area contributed by atoms with Crippen molar-refractivity contribution in [1.82, 2.24) is 9.80 Å². The second-order valence-electron chi connectivity index (χ2n) is 5.22. The molecule has 0 saturated carbocycles. The summed E-state index contributed by atoms with van der Waals surface area (Å²) in [5.41, 5.74) is 5.92. The van der Waals surface area contributed by atoms with Gasteiger partial charge in [-0.25, -0.2) is 0 Å². The van der Waals surface area contributed by atoms with Crippen LogP contribution in [0.5, 0.6) is 0 Å². The predicted molar refractivity (Wildman–Crippen MR) is 70.7 cm³/mol. The van der Waals surface area contributed by atoms with Gasteiger partial charge in [0.25, 0.3) is 0 Å². The zero-order chi connectivity index (χ0) is 13.0. The second-order valence-corrected chi connectivity index (χ2v) is 5.22. The number of carbonyl (C=O) groups is 1. The van der Waals surface area contributed by atoms with Gasteiger partial charge < -0.3 is 10.6 Å². The molecule has 1 rings (SSSR count). The maximum absolute atomic E-state index is 12.1. The van der Waals surface area contributed by atoms with E-state index in [0.29, 0.717) is 6.04 Å². The van der Waals surface area contributed by atoms with Crippen LogP contribution in [0.15, 0.2) is 0 Å². The van der Waals surface area contributed by atoms with Crippen LogP contribution >= 0.6 is 0 Å². The summed E-state index contributed by atoms with van der Waals surface area (Å²) in [5.74, 6) is 0.338. The van der Waals surface area contributed by atoms with Crippen LogP contribution < -0.4 is 5.73 Å². The van der Waals surface area contributed by atoms with Gasteiger partial charge in [0.05, 0.1) is 6.04 Å². The Morgan fingerprint density at radius 2 is 2.00 bits per heavy atom. The fourth-order valence-electron chi connectivity index (χ4n) is 2.48. The van der Waals surface area contributed by atoms with E-state index in [0.717, 1.165) is 32.6 Å². The molecule has 0 spiro atoms. The first-order chi connectivity index (χ1) is 8.01. The smallest absolute Gasteiger partial charge is 0.239 e. The quantitative estimate of drug-likeness (QED) is 0.778. The summed E-state index contributed by atoms with van der Waals surface area (Å²) in [6.45, 7) is 12.2. The Hall–Kier alpha value is -0.610. The molecule has 1 unspecified atom stereocenters. The van der Waals surface area contributed by atoms with Gasteiger partial charge in [-0.3, -0.25) is 9.69 Å². The van der Waals surface area contributed by atoms with E-state index in [9.17, 15) is 4.79 Å². The van der Waals surface area contributed by atoms with Crippen LogP contribution in [0.4, 0.5) is 0 Å². The highest BCUT2D eigenvalue weighted by Gasteiger charge is 2.32. The first-order valence-corrected chi connectivity index (χ1v) is 6.79. The van der Waals surface area contributed by atoms with Gasteiger partial charge in [0, 0.05) is 19.1 Å². The van der Waals surface area contributed by atoms with Crippen molar-refractivity contribution in [2.45, 2.75) is 46.2 Å². The molecule has 0 bridgehead atoms. The lowest BCUT2D eigenvalue weighted by atomic mass is 10.0. The van der Waals surface area contributed by atoms with Gasteiger partial charge in [0.1, 0.15) is 0 Å². The molecule has 0 radical (unpaired) electrons. The molecule has 0 aliphatic carbocycles. The van der Waals surface area contributed by atoms with Crippen molar-refractivity contribution in [1.29, 1.82) is 0 Å². The molecule has 4 heteroatoms. The number of hydrogen-bond acceptors (Lipinski definition) is 3. The van der Waals surface area contributed by atoms with Gasteiger partial charge in [0.2, 0.25) is 5.91 Å². The van der Waals surface area contributed by atoms with Crippen LogP contribution in [0.2, 0.25) is 0 Å². The van der Waals surface area contributed by atoms with Crippen LogP contribution in [0, 0.1) is 5.92 Å². The number of carbonyl (C=O) groups excluding carboxylic acids is 1. The van der Waals surface area contributed by atoms with Crippen molar-refractivity contribution in [3.8, 4) is 0 Å². The third kappa shape index (κ3) is 3.42. The summed E-state index contributed by atoms with van der Waals surface area (Å²) < 4.78 is 0. The Morgan fingerprint density at radius 3 is 2.47 bits per heavy atom. The van der Waals surface area contributed by atoms with E-state index in [2.05, 4.69) is 18.7 Å². The molecule has 1 heterocycles. The molecule has 1 saturated heterocycles. The fraction of sp³-hybridized carbons (Fsp3) is 0.923. The topological polar surface area (TPSA) is 49.6 Å². The van der Waals surface area contributed by atoms with Gasteiger partial charge in [0.15, 0.2) is 0 Å². The van der Waals surface area contributed by atoms with Crippen molar-refractivity contribution in [3.05, 3.63) is 0 Å². The van der Waals surface area contributed by atoms with Crippen LogP contribution in [0.1, 0.15) is 34.1 Å². The number of likely N-dealkylation sites (tertiary alicyclic amines) is 1. The predicted octanol–water partition coefficient (Wildman–Crippen LogP) is 0.912. The van der Waals surface area contributed by atoms with Crippen molar-refractivity contribution in [3.63, 3.8) is 0 Å². The molecule has 2 N–H and O–H groups in total. The number of rotatable bonds is 5.